The third kappa shape index (κ3) is 5.29. The Balaban J connectivity index is 1.94. The van der Waals surface area contributed by atoms with E-state index in [0.29, 0.717) is 5.69 Å². The molecule has 1 unspecified atom stereocenters. The SMILES string of the molecule is CCS(=O)(=O)N1CC(=O)N(c2ccc(C)cc2)C(C)(C(=O)NC2CCCCCCC2)C1. The maximum absolute atomic E-state index is 13.6. The van der Waals surface area contributed by atoms with E-state index in [1.165, 1.54) is 24.2 Å². The van der Waals surface area contributed by atoms with E-state index in [4.69, 9.17) is 0 Å². The van der Waals surface area contributed by atoms with Gasteiger partial charge in [-0.2, -0.15) is 4.31 Å². The summed E-state index contributed by atoms with van der Waals surface area (Å²) in [6, 6.07) is 7.48. The quantitative estimate of drug-likeness (QED) is 0.749. The molecule has 7 nitrogen and oxygen atoms in total. The van der Waals surface area contributed by atoms with Crippen LogP contribution in [-0.4, -0.2) is 55.0 Å². The van der Waals surface area contributed by atoms with Crippen LogP contribution in [0.5, 0.6) is 0 Å². The number of carbonyl (C=O) groups excluding carboxylic acids is 2. The van der Waals surface area contributed by atoms with Gasteiger partial charge in [0.25, 0.3) is 0 Å². The van der Waals surface area contributed by atoms with E-state index < -0.39 is 15.6 Å². The lowest BCUT2D eigenvalue weighted by Gasteiger charge is -2.47. The fraction of sp³-hybridized carbons (Fsp3) is 0.652. The minimum absolute atomic E-state index is 0.0535. The second-order valence-electron chi connectivity index (χ2n) is 9.02. The number of aryl methyl sites for hydroxylation is 1. The van der Waals surface area contributed by atoms with Crippen molar-refractivity contribution in [2.24, 2.45) is 0 Å². The minimum Gasteiger partial charge on any atom is -0.351 e. The van der Waals surface area contributed by atoms with Gasteiger partial charge in [0.15, 0.2) is 0 Å². The van der Waals surface area contributed by atoms with Crippen molar-refractivity contribution in [1.29, 1.82) is 0 Å². The molecule has 2 amide bonds. The van der Waals surface area contributed by atoms with Crippen molar-refractivity contribution in [1.82, 2.24) is 9.62 Å². The predicted octanol–water partition coefficient (Wildman–Crippen LogP) is 2.98. The van der Waals surface area contributed by atoms with Gasteiger partial charge in [0.2, 0.25) is 21.8 Å². The molecule has 172 valence electrons. The van der Waals surface area contributed by atoms with Crippen LogP contribution in [0.25, 0.3) is 0 Å². The Kier molecular flexibility index (Phi) is 7.42. The third-order valence-corrected chi connectivity index (χ3v) is 8.29. The Labute approximate surface area is 186 Å². The molecule has 0 radical (unpaired) electrons. The number of rotatable bonds is 5. The zero-order valence-corrected chi connectivity index (χ0v) is 19.7. The van der Waals surface area contributed by atoms with E-state index in [9.17, 15) is 18.0 Å². The molecule has 0 bridgehead atoms. The monoisotopic (exact) mass is 449 g/mol. The number of carbonyl (C=O) groups is 2. The summed E-state index contributed by atoms with van der Waals surface area (Å²) in [6.45, 7) is 4.88. The highest BCUT2D eigenvalue weighted by Gasteiger charge is 2.50. The van der Waals surface area contributed by atoms with Gasteiger partial charge < -0.3 is 5.32 Å². The van der Waals surface area contributed by atoms with Gasteiger partial charge in [-0.3, -0.25) is 14.5 Å². The highest BCUT2D eigenvalue weighted by Crippen LogP contribution is 2.31. The Hall–Kier alpha value is -1.93. The number of piperazine rings is 1. The van der Waals surface area contributed by atoms with Crippen molar-refractivity contribution in [2.75, 3.05) is 23.7 Å². The van der Waals surface area contributed by atoms with Crippen LogP contribution < -0.4 is 10.2 Å². The van der Waals surface area contributed by atoms with Gasteiger partial charge in [-0.25, -0.2) is 8.42 Å². The van der Waals surface area contributed by atoms with E-state index in [1.807, 2.05) is 31.2 Å². The van der Waals surface area contributed by atoms with Crippen molar-refractivity contribution in [3.05, 3.63) is 29.8 Å². The summed E-state index contributed by atoms with van der Waals surface area (Å²) in [5.41, 5.74) is 0.332. The number of anilines is 1. The fourth-order valence-corrected chi connectivity index (χ4v) is 5.70. The molecule has 1 N–H and O–H groups in total. The average molecular weight is 450 g/mol. The first-order valence-corrected chi connectivity index (χ1v) is 13.0. The molecule has 1 saturated carbocycles. The maximum atomic E-state index is 13.6. The third-order valence-electron chi connectivity index (χ3n) is 6.52. The van der Waals surface area contributed by atoms with Crippen LogP contribution in [0.1, 0.15) is 64.4 Å². The molecule has 1 saturated heterocycles. The minimum atomic E-state index is -3.61. The van der Waals surface area contributed by atoms with Crippen molar-refractivity contribution in [3.8, 4) is 0 Å². The standard InChI is InChI=1S/C23H35N3O4S/c1-4-31(29,30)25-16-21(27)26(20-14-12-18(2)13-15-20)23(3,17-25)22(28)24-19-10-8-6-5-7-9-11-19/h12-15,19H,4-11,16-17H2,1-3H3,(H,24,28). The molecule has 3 rings (SSSR count). The predicted molar refractivity (Wildman–Crippen MR) is 122 cm³/mol. The number of benzene rings is 1. The van der Waals surface area contributed by atoms with E-state index in [1.54, 1.807) is 13.8 Å². The zero-order valence-electron chi connectivity index (χ0n) is 18.9. The molecular weight excluding hydrogens is 414 g/mol. The number of nitrogens with zero attached hydrogens (tertiary/aromatic N) is 2. The molecule has 1 atom stereocenters. The van der Waals surface area contributed by atoms with Crippen LogP contribution in [0, 0.1) is 6.92 Å². The van der Waals surface area contributed by atoms with E-state index >= 15 is 0 Å². The van der Waals surface area contributed by atoms with Gasteiger partial charge in [-0.15, -0.1) is 0 Å². The molecule has 0 spiro atoms. The lowest BCUT2D eigenvalue weighted by atomic mass is 9.92. The zero-order chi connectivity index (χ0) is 22.6. The van der Waals surface area contributed by atoms with Crippen molar-refractivity contribution >= 4 is 27.5 Å². The van der Waals surface area contributed by atoms with Crippen LogP contribution >= 0.6 is 0 Å². The lowest BCUT2D eigenvalue weighted by Crippen LogP contribution is -2.71. The Bertz CT molecular complexity index is 892. The van der Waals surface area contributed by atoms with Gasteiger partial charge in [0.1, 0.15) is 5.54 Å². The highest BCUT2D eigenvalue weighted by atomic mass is 32.2. The molecule has 1 aliphatic heterocycles. The Morgan fingerprint density at radius 3 is 2.26 bits per heavy atom. The molecule has 1 heterocycles. The topological polar surface area (TPSA) is 86.8 Å². The van der Waals surface area contributed by atoms with Gasteiger partial charge in [0, 0.05) is 18.3 Å². The number of amides is 2. The smallest absolute Gasteiger partial charge is 0.247 e. The molecular formula is C23H35N3O4S. The summed E-state index contributed by atoms with van der Waals surface area (Å²) in [4.78, 5) is 28.3. The molecule has 2 fully saturated rings. The van der Waals surface area contributed by atoms with Crippen LogP contribution in [0.2, 0.25) is 0 Å². The summed E-state index contributed by atoms with van der Waals surface area (Å²) in [6.07, 6.45) is 7.53. The molecule has 1 aromatic rings. The number of nitrogens with one attached hydrogen (secondary N) is 1. The highest BCUT2D eigenvalue weighted by molar-refractivity contribution is 7.89. The summed E-state index contributed by atoms with van der Waals surface area (Å²) >= 11 is 0. The largest absolute Gasteiger partial charge is 0.351 e. The first kappa shape index (κ1) is 23.7. The van der Waals surface area contributed by atoms with Crippen molar-refractivity contribution < 1.29 is 18.0 Å². The normalized spacial score (nSPS) is 24.5. The first-order valence-electron chi connectivity index (χ1n) is 11.4. The van der Waals surface area contributed by atoms with Crippen molar-refractivity contribution in [2.45, 2.75) is 77.3 Å². The number of hydrogen-bond acceptors (Lipinski definition) is 4. The van der Waals surface area contributed by atoms with Gasteiger partial charge in [0.05, 0.1) is 12.3 Å². The van der Waals surface area contributed by atoms with Crippen LogP contribution in [0.3, 0.4) is 0 Å². The van der Waals surface area contributed by atoms with Gasteiger partial charge in [-0.1, -0.05) is 49.8 Å². The molecule has 1 aromatic carbocycles. The number of hydrogen-bond donors (Lipinski definition) is 1. The lowest BCUT2D eigenvalue weighted by molar-refractivity contribution is -0.133. The second kappa shape index (κ2) is 9.69. The van der Waals surface area contributed by atoms with Gasteiger partial charge >= 0.3 is 0 Å². The molecule has 8 heteroatoms. The van der Waals surface area contributed by atoms with Crippen molar-refractivity contribution in [3.63, 3.8) is 0 Å². The molecule has 2 aliphatic rings. The fourth-order valence-electron chi connectivity index (χ4n) is 4.58. The molecule has 31 heavy (non-hydrogen) atoms. The van der Waals surface area contributed by atoms with Crippen LogP contribution in [-0.2, 0) is 19.6 Å². The number of sulfonamides is 1. The van der Waals surface area contributed by atoms with E-state index in [2.05, 4.69) is 5.32 Å². The summed E-state index contributed by atoms with van der Waals surface area (Å²) < 4.78 is 26.4. The summed E-state index contributed by atoms with van der Waals surface area (Å²) in [7, 11) is -3.61. The maximum Gasteiger partial charge on any atom is 0.247 e. The molecule has 0 aromatic heterocycles. The van der Waals surface area contributed by atoms with Crippen LogP contribution in [0.4, 0.5) is 5.69 Å². The summed E-state index contributed by atoms with van der Waals surface area (Å²) in [5.74, 6) is -0.782. The van der Waals surface area contributed by atoms with Gasteiger partial charge in [-0.05, 0) is 45.7 Å². The van der Waals surface area contributed by atoms with E-state index in [-0.39, 0.29) is 36.7 Å². The second-order valence-corrected chi connectivity index (χ2v) is 11.3. The van der Waals surface area contributed by atoms with E-state index in [0.717, 1.165) is 35.6 Å². The average Bonchev–Trinajstić information content (AvgIpc) is 2.70. The molecule has 1 aliphatic carbocycles. The Morgan fingerprint density at radius 2 is 1.68 bits per heavy atom. The summed E-state index contributed by atoms with van der Waals surface area (Å²) in [5, 5.41) is 3.16. The van der Waals surface area contributed by atoms with Crippen LogP contribution in [0.15, 0.2) is 24.3 Å². The first-order chi connectivity index (χ1) is 14.7. The Morgan fingerprint density at radius 1 is 1.10 bits per heavy atom.